The first-order valence-corrected chi connectivity index (χ1v) is 9.22. The molecule has 1 heterocycles. The SMILES string of the molecule is Cc1nc(CSc2ccccc2C(=O)N(C)CC(C)C)cs1. The lowest BCUT2D eigenvalue weighted by molar-refractivity contribution is 0.0775. The van der Waals surface area contributed by atoms with Gasteiger partial charge in [-0.2, -0.15) is 0 Å². The van der Waals surface area contributed by atoms with Crippen LogP contribution in [0.4, 0.5) is 0 Å². The van der Waals surface area contributed by atoms with Crippen molar-refractivity contribution in [2.24, 2.45) is 5.92 Å². The lowest BCUT2D eigenvalue weighted by Gasteiger charge is -2.20. The van der Waals surface area contributed by atoms with Crippen LogP contribution in [0, 0.1) is 12.8 Å². The van der Waals surface area contributed by atoms with Crippen LogP contribution in [0.3, 0.4) is 0 Å². The lowest BCUT2D eigenvalue weighted by atomic mass is 10.1. The molecule has 22 heavy (non-hydrogen) atoms. The third kappa shape index (κ3) is 4.58. The minimum absolute atomic E-state index is 0.0891. The van der Waals surface area contributed by atoms with Crippen molar-refractivity contribution in [2.45, 2.75) is 31.4 Å². The number of aryl methyl sites for hydroxylation is 1. The van der Waals surface area contributed by atoms with Gasteiger partial charge in [0.2, 0.25) is 0 Å². The normalized spacial score (nSPS) is 11.0. The molecule has 5 heteroatoms. The predicted molar refractivity (Wildman–Crippen MR) is 94.7 cm³/mol. The first kappa shape index (κ1) is 17.0. The van der Waals surface area contributed by atoms with Crippen molar-refractivity contribution in [3.8, 4) is 0 Å². The number of carbonyl (C=O) groups excluding carboxylic acids is 1. The number of thiazole rings is 1. The maximum absolute atomic E-state index is 12.6. The van der Waals surface area contributed by atoms with Crippen LogP contribution in [0.25, 0.3) is 0 Å². The van der Waals surface area contributed by atoms with E-state index in [1.54, 1.807) is 28.0 Å². The van der Waals surface area contributed by atoms with E-state index < -0.39 is 0 Å². The molecule has 0 aliphatic heterocycles. The molecule has 0 saturated heterocycles. The Morgan fingerprint density at radius 1 is 1.36 bits per heavy atom. The number of nitrogens with zero attached hydrogens (tertiary/aromatic N) is 2. The summed E-state index contributed by atoms with van der Waals surface area (Å²) in [7, 11) is 1.87. The van der Waals surface area contributed by atoms with Gasteiger partial charge >= 0.3 is 0 Å². The van der Waals surface area contributed by atoms with E-state index in [4.69, 9.17) is 0 Å². The largest absolute Gasteiger partial charge is 0.341 e. The fourth-order valence-corrected chi connectivity index (χ4v) is 3.89. The molecule has 0 N–H and O–H groups in total. The van der Waals surface area contributed by atoms with Crippen LogP contribution in [0.5, 0.6) is 0 Å². The molecule has 0 spiro atoms. The lowest BCUT2D eigenvalue weighted by Crippen LogP contribution is -2.30. The molecule has 1 amide bonds. The number of carbonyl (C=O) groups is 1. The molecule has 0 atom stereocenters. The molecule has 1 aromatic heterocycles. The third-order valence-electron chi connectivity index (χ3n) is 3.15. The van der Waals surface area contributed by atoms with Gasteiger partial charge in [-0.1, -0.05) is 26.0 Å². The van der Waals surface area contributed by atoms with Gasteiger partial charge in [-0.05, 0) is 25.0 Å². The zero-order valence-corrected chi connectivity index (χ0v) is 15.1. The molecular formula is C17H22N2OS2. The average molecular weight is 335 g/mol. The van der Waals surface area contributed by atoms with Crippen molar-refractivity contribution < 1.29 is 4.79 Å². The van der Waals surface area contributed by atoms with Gasteiger partial charge in [0.05, 0.1) is 16.3 Å². The maximum atomic E-state index is 12.6. The summed E-state index contributed by atoms with van der Waals surface area (Å²) in [6.45, 7) is 7.02. The second kappa shape index (κ2) is 7.79. The van der Waals surface area contributed by atoms with Gasteiger partial charge in [0.15, 0.2) is 0 Å². The molecule has 0 radical (unpaired) electrons. The molecule has 0 unspecified atom stereocenters. The molecule has 0 aliphatic rings. The van der Waals surface area contributed by atoms with E-state index in [2.05, 4.69) is 24.2 Å². The van der Waals surface area contributed by atoms with Crippen LogP contribution in [0.1, 0.15) is 34.9 Å². The van der Waals surface area contributed by atoms with Crippen molar-refractivity contribution in [2.75, 3.05) is 13.6 Å². The zero-order chi connectivity index (χ0) is 16.1. The Hall–Kier alpha value is -1.33. The highest BCUT2D eigenvalue weighted by Gasteiger charge is 2.16. The number of amides is 1. The van der Waals surface area contributed by atoms with Gasteiger partial charge in [-0.3, -0.25) is 4.79 Å². The van der Waals surface area contributed by atoms with Crippen molar-refractivity contribution in [3.63, 3.8) is 0 Å². The van der Waals surface area contributed by atoms with Crippen LogP contribution in [0.2, 0.25) is 0 Å². The van der Waals surface area contributed by atoms with E-state index in [-0.39, 0.29) is 5.91 Å². The number of benzene rings is 1. The number of aromatic nitrogens is 1. The Morgan fingerprint density at radius 3 is 2.73 bits per heavy atom. The molecule has 2 aromatic rings. The van der Waals surface area contributed by atoms with Gasteiger partial charge in [-0.25, -0.2) is 4.98 Å². The first-order chi connectivity index (χ1) is 10.5. The molecule has 118 valence electrons. The van der Waals surface area contributed by atoms with Gasteiger partial charge in [-0.15, -0.1) is 23.1 Å². The van der Waals surface area contributed by atoms with E-state index in [1.165, 1.54) is 0 Å². The number of rotatable bonds is 6. The van der Waals surface area contributed by atoms with E-state index in [9.17, 15) is 4.79 Å². The van der Waals surface area contributed by atoms with Gasteiger partial charge < -0.3 is 4.90 Å². The quantitative estimate of drug-likeness (QED) is 0.731. The maximum Gasteiger partial charge on any atom is 0.254 e. The first-order valence-electron chi connectivity index (χ1n) is 7.35. The summed E-state index contributed by atoms with van der Waals surface area (Å²) in [5.74, 6) is 1.35. The van der Waals surface area contributed by atoms with Crippen LogP contribution >= 0.6 is 23.1 Å². The summed E-state index contributed by atoms with van der Waals surface area (Å²) in [4.78, 5) is 19.9. The van der Waals surface area contributed by atoms with E-state index in [1.807, 2.05) is 38.2 Å². The Labute approximate surface area is 140 Å². The molecule has 0 bridgehead atoms. The molecule has 3 nitrogen and oxygen atoms in total. The molecule has 2 rings (SSSR count). The highest BCUT2D eigenvalue weighted by atomic mass is 32.2. The Balaban J connectivity index is 2.10. The molecular weight excluding hydrogens is 312 g/mol. The summed E-state index contributed by atoms with van der Waals surface area (Å²) in [5.41, 5.74) is 1.85. The smallest absolute Gasteiger partial charge is 0.254 e. The highest BCUT2D eigenvalue weighted by molar-refractivity contribution is 7.98. The Bertz CT molecular complexity index is 637. The van der Waals surface area contributed by atoms with E-state index in [0.717, 1.165) is 33.5 Å². The van der Waals surface area contributed by atoms with Crippen LogP contribution in [0.15, 0.2) is 34.5 Å². The second-order valence-electron chi connectivity index (χ2n) is 5.72. The van der Waals surface area contributed by atoms with Crippen LogP contribution in [-0.2, 0) is 5.75 Å². The predicted octanol–water partition coefficient (Wildman–Crippen LogP) is 4.47. The van der Waals surface area contributed by atoms with Crippen LogP contribution in [-0.4, -0.2) is 29.4 Å². The van der Waals surface area contributed by atoms with Crippen molar-refractivity contribution in [1.29, 1.82) is 0 Å². The standard InChI is InChI=1S/C17H22N2OS2/c1-12(2)9-19(4)17(20)15-7-5-6-8-16(15)22-11-14-10-21-13(3)18-14/h5-8,10,12H,9,11H2,1-4H3. The van der Waals surface area contributed by atoms with Gasteiger partial charge in [0, 0.05) is 29.6 Å². The monoisotopic (exact) mass is 334 g/mol. The minimum Gasteiger partial charge on any atom is -0.341 e. The van der Waals surface area contributed by atoms with E-state index >= 15 is 0 Å². The Kier molecular flexibility index (Phi) is 6.03. The Morgan fingerprint density at radius 2 is 2.09 bits per heavy atom. The molecule has 0 saturated carbocycles. The van der Waals surface area contributed by atoms with Crippen molar-refractivity contribution in [3.05, 3.63) is 45.9 Å². The second-order valence-corrected chi connectivity index (χ2v) is 7.80. The fraction of sp³-hybridized carbons (Fsp3) is 0.412. The zero-order valence-electron chi connectivity index (χ0n) is 13.5. The summed E-state index contributed by atoms with van der Waals surface area (Å²) in [6.07, 6.45) is 0. The average Bonchev–Trinajstić information content (AvgIpc) is 2.89. The van der Waals surface area contributed by atoms with Gasteiger partial charge in [0.25, 0.3) is 5.91 Å². The summed E-state index contributed by atoms with van der Waals surface area (Å²) >= 11 is 3.34. The number of hydrogen-bond donors (Lipinski definition) is 0. The molecule has 1 aromatic carbocycles. The van der Waals surface area contributed by atoms with Crippen molar-refractivity contribution >= 4 is 29.0 Å². The highest BCUT2D eigenvalue weighted by Crippen LogP contribution is 2.27. The number of hydrogen-bond acceptors (Lipinski definition) is 4. The summed E-state index contributed by atoms with van der Waals surface area (Å²) in [6, 6.07) is 7.83. The third-order valence-corrected chi connectivity index (χ3v) is 5.07. The molecule has 0 fully saturated rings. The summed E-state index contributed by atoms with van der Waals surface area (Å²) < 4.78 is 0. The van der Waals surface area contributed by atoms with Crippen LogP contribution < -0.4 is 0 Å². The van der Waals surface area contributed by atoms with Crippen molar-refractivity contribution in [1.82, 2.24) is 9.88 Å². The fourth-order valence-electron chi connectivity index (χ4n) is 2.23. The molecule has 0 aliphatic carbocycles. The minimum atomic E-state index is 0.0891. The van der Waals surface area contributed by atoms with Gasteiger partial charge in [0.1, 0.15) is 0 Å². The summed E-state index contributed by atoms with van der Waals surface area (Å²) in [5, 5.41) is 3.16. The topological polar surface area (TPSA) is 33.2 Å². The van der Waals surface area contributed by atoms with E-state index in [0.29, 0.717) is 5.92 Å². The number of thioether (sulfide) groups is 1.